The molecule has 0 aliphatic rings. The Labute approximate surface area is 128 Å². The van der Waals surface area contributed by atoms with Gasteiger partial charge in [0.05, 0.1) is 6.61 Å². The Balaban J connectivity index is 1.79. The third-order valence-corrected chi connectivity index (χ3v) is 3.13. The van der Waals surface area contributed by atoms with Crippen LogP contribution in [0.15, 0.2) is 53.1 Å². The van der Waals surface area contributed by atoms with Crippen LogP contribution in [0.1, 0.15) is 13.3 Å². The van der Waals surface area contributed by atoms with Crippen LogP contribution < -0.4 is 4.74 Å². The number of aromatic hydroxyl groups is 1. The number of phenols is 1. The van der Waals surface area contributed by atoms with Crippen LogP contribution >= 0.6 is 0 Å². The summed E-state index contributed by atoms with van der Waals surface area (Å²) >= 11 is 0. The molecule has 0 saturated heterocycles. The fraction of sp³-hybridized carbons (Fsp3) is 0.176. The fourth-order valence-electron chi connectivity index (χ4n) is 1.98. The molecule has 0 aliphatic carbocycles. The van der Waals surface area contributed by atoms with E-state index in [0.29, 0.717) is 18.3 Å². The van der Waals surface area contributed by atoms with Crippen LogP contribution in [0, 0.1) is 0 Å². The monoisotopic (exact) mass is 296 g/mol. The maximum atomic E-state index is 9.30. The molecule has 3 rings (SSSR count). The van der Waals surface area contributed by atoms with Gasteiger partial charge in [0.25, 0.3) is 5.89 Å². The minimum absolute atomic E-state index is 0.200. The van der Waals surface area contributed by atoms with Gasteiger partial charge in [0.15, 0.2) is 0 Å². The summed E-state index contributed by atoms with van der Waals surface area (Å²) < 4.78 is 10.8. The Morgan fingerprint density at radius 3 is 2.36 bits per heavy atom. The largest absolute Gasteiger partial charge is 0.508 e. The molecule has 1 heterocycles. The summed E-state index contributed by atoms with van der Waals surface area (Å²) in [4.78, 5) is 4.37. The number of rotatable bonds is 5. The molecule has 5 nitrogen and oxygen atoms in total. The molecule has 0 fully saturated rings. The van der Waals surface area contributed by atoms with Gasteiger partial charge >= 0.3 is 0 Å². The summed E-state index contributed by atoms with van der Waals surface area (Å²) in [5.41, 5.74) is 1.62. The molecular weight excluding hydrogens is 280 g/mol. The summed E-state index contributed by atoms with van der Waals surface area (Å²) in [5.74, 6) is 1.96. The second-order valence-corrected chi connectivity index (χ2v) is 4.84. The van der Waals surface area contributed by atoms with Gasteiger partial charge in [0, 0.05) is 11.1 Å². The highest BCUT2D eigenvalue weighted by Crippen LogP contribution is 2.25. The first-order chi connectivity index (χ1) is 10.8. The molecule has 112 valence electrons. The normalized spacial score (nSPS) is 10.6. The molecule has 1 aromatic heterocycles. The molecule has 0 saturated carbocycles. The highest BCUT2D eigenvalue weighted by molar-refractivity contribution is 5.60. The smallest absolute Gasteiger partial charge is 0.258 e. The Bertz CT molecular complexity index is 733. The highest BCUT2D eigenvalue weighted by atomic mass is 16.5. The summed E-state index contributed by atoms with van der Waals surface area (Å²) in [5, 5.41) is 13.3. The number of ether oxygens (including phenoxy) is 1. The lowest BCUT2D eigenvalue weighted by molar-refractivity contribution is 0.317. The summed E-state index contributed by atoms with van der Waals surface area (Å²) in [6, 6.07) is 14.2. The van der Waals surface area contributed by atoms with Crippen molar-refractivity contribution in [3.8, 4) is 34.3 Å². The number of benzene rings is 2. The predicted octanol–water partition coefficient (Wildman–Crippen LogP) is 3.90. The van der Waals surface area contributed by atoms with E-state index in [0.717, 1.165) is 23.3 Å². The van der Waals surface area contributed by atoms with Crippen LogP contribution in [0.2, 0.25) is 0 Å². The number of aromatic nitrogens is 2. The van der Waals surface area contributed by atoms with Crippen LogP contribution in [-0.2, 0) is 0 Å². The molecule has 0 bridgehead atoms. The quantitative estimate of drug-likeness (QED) is 0.773. The van der Waals surface area contributed by atoms with Crippen molar-refractivity contribution in [2.75, 3.05) is 6.61 Å². The second-order valence-electron chi connectivity index (χ2n) is 4.84. The lowest BCUT2D eigenvalue weighted by Crippen LogP contribution is -1.94. The first-order valence-electron chi connectivity index (χ1n) is 7.12. The van der Waals surface area contributed by atoms with Crippen molar-refractivity contribution in [2.45, 2.75) is 13.3 Å². The van der Waals surface area contributed by atoms with E-state index in [1.807, 2.05) is 24.3 Å². The van der Waals surface area contributed by atoms with Crippen molar-refractivity contribution in [1.29, 1.82) is 0 Å². The van der Waals surface area contributed by atoms with E-state index in [1.165, 1.54) is 0 Å². The molecule has 5 heteroatoms. The predicted molar refractivity (Wildman–Crippen MR) is 82.6 cm³/mol. The topological polar surface area (TPSA) is 68.4 Å². The van der Waals surface area contributed by atoms with E-state index in [1.54, 1.807) is 24.3 Å². The van der Waals surface area contributed by atoms with Crippen LogP contribution in [-0.4, -0.2) is 21.9 Å². The zero-order chi connectivity index (χ0) is 15.4. The number of hydrogen-bond donors (Lipinski definition) is 1. The Morgan fingerprint density at radius 1 is 1.00 bits per heavy atom. The molecule has 22 heavy (non-hydrogen) atoms. The lowest BCUT2D eigenvalue weighted by Gasteiger charge is -2.03. The van der Waals surface area contributed by atoms with E-state index in [4.69, 9.17) is 9.26 Å². The molecule has 3 aromatic rings. The van der Waals surface area contributed by atoms with Gasteiger partial charge in [-0.05, 0) is 55.0 Å². The van der Waals surface area contributed by atoms with Crippen LogP contribution in [0.4, 0.5) is 0 Å². The minimum Gasteiger partial charge on any atom is -0.508 e. The van der Waals surface area contributed by atoms with E-state index in [-0.39, 0.29) is 5.75 Å². The minimum atomic E-state index is 0.200. The number of phenolic OH excluding ortho intramolecular Hbond substituents is 1. The van der Waals surface area contributed by atoms with Crippen LogP contribution in [0.5, 0.6) is 11.5 Å². The Morgan fingerprint density at radius 2 is 1.68 bits per heavy atom. The van der Waals surface area contributed by atoms with E-state index in [9.17, 15) is 5.11 Å². The number of nitrogens with zero attached hydrogens (tertiary/aromatic N) is 2. The van der Waals surface area contributed by atoms with Gasteiger partial charge in [-0.1, -0.05) is 12.1 Å². The van der Waals surface area contributed by atoms with Crippen molar-refractivity contribution >= 4 is 0 Å². The van der Waals surface area contributed by atoms with Gasteiger partial charge in [0.2, 0.25) is 5.82 Å². The number of hydrogen-bond acceptors (Lipinski definition) is 5. The SMILES string of the molecule is CCCOc1ccc(-c2noc(-c3ccc(O)cc3)n2)cc1. The van der Waals surface area contributed by atoms with Crippen molar-refractivity contribution in [2.24, 2.45) is 0 Å². The van der Waals surface area contributed by atoms with Gasteiger partial charge in [-0.3, -0.25) is 0 Å². The van der Waals surface area contributed by atoms with Gasteiger partial charge in [-0.25, -0.2) is 0 Å². The molecule has 0 atom stereocenters. The zero-order valence-corrected chi connectivity index (χ0v) is 12.2. The van der Waals surface area contributed by atoms with Gasteiger partial charge in [-0.2, -0.15) is 4.98 Å². The van der Waals surface area contributed by atoms with Gasteiger partial charge in [0.1, 0.15) is 11.5 Å². The first-order valence-corrected chi connectivity index (χ1v) is 7.12. The maximum Gasteiger partial charge on any atom is 0.258 e. The van der Waals surface area contributed by atoms with Crippen LogP contribution in [0.25, 0.3) is 22.8 Å². The summed E-state index contributed by atoms with van der Waals surface area (Å²) in [6.45, 7) is 2.77. The van der Waals surface area contributed by atoms with E-state index in [2.05, 4.69) is 17.1 Å². The van der Waals surface area contributed by atoms with Crippen molar-refractivity contribution < 1.29 is 14.4 Å². The molecule has 0 amide bonds. The molecule has 1 N–H and O–H groups in total. The second kappa shape index (κ2) is 6.30. The summed E-state index contributed by atoms with van der Waals surface area (Å²) in [6.07, 6.45) is 0.975. The average molecular weight is 296 g/mol. The van der Waals surface area contributed by atoms with Crippen LogP contribution in [0.3, 0.4) is 0 Å². The molecule has 0 unspecified atom stereocenters. The first kappa shape index (κ1) is 14.1. The van der Waals surface area contributed by atoms with E-state index >= 15 is 0 Å². The molecule has 0 spiro atoms. The standard InChI is InChI=1S/C17H16N2O3/c1-2-11-21-15-9-5-12(6-10-15)16-18-17(22-19-16)13-3-7-14(20)8-4-13/h3-10,20H,2,11H2,1H3. The fourth-order valence-corrected chi connectivity index (χ4v) is 1.98. The van der Waals surface area contributed by atoms with Gasteiger partial charge < -0.3 is 14.4 Å². The molecule has 0 radical (unpaired) electrons. The molecule has 2 aromatic carbocycles. The molecular formula is C17H16N2O3. The third kappa shape index (κ3) is 3.09. The van der Waals surface area contributed by atoms with Crippen molar-refractivity contribution in [3.63, 3.8) is 0 Å². The highest BCUT2D eigenvalue weighted by Gasteiger charge is 2.10. The Hall–Kier alpha value is -2.82. The van der Waals surface area contributed by atoms with Crippen molar-refractivity contribution in [1.82, 2.24) is 10.1 Å². The zero-order valence-electron chi connectivity index (χ0n) is 12.2. The van der Waals surface area contributed by atoms with Crippen molar-refractivity contribution in [3.05, 3.63) is 48.5 Å². The summed E-state index contributed by atoms with van der Waals surface area (Å²) in [7, 11) is 0. The lowest BCUT2D eigenvalue weighted by atomic mass is 10.2. The van der Waals surface area contributed by atoms with Gasteiger partial charge in [-0.15, -0.1) is 0 Å². The molecule has 0 aliphatic heterocycles. The average Bonchev–Trinajstić information content (AvgIpc) is 3.04. The van der Waals surface area contributed by atoms with E-state index < -0.39 is 0 Å². The Kier molecular flexibility index (Phi) is 4.05. The third-order valence-electron chi connectivity index (χ3n) is 3.13. The maximum absolute atomic E-state index is 9.30.